The molecule has 0 atom stereocenters. The Hall–Kier alpha value is -2.36. The number of thiophene rings is 1. The van der Waals surface area contributed by atoms with E-state index in [-0.39, 0.29) is 18.8 Å². The molecular weight excluding hydrogens is 419 g/mol. The fraction of sp³-hybridized carbons (Fsp3) is 0.550. The molecule has 0 radical (unpaired) electrons. The van der Waals surface area contributed by atoms with E-state index in [1.54, 1.807) is 0 Å². The Balaban J connectivity index is 1.82. The molecule has 2 aromatic rings. The number of halogens is 3. The Morgan fingerprint density at radius 2 is 2.00 bits per heavy atom. The zero-order valence-corrected chi connectivity index (χ0v) is 17.7. The fourth-order valence-electron chi connectivity index (χ4n) is 3.42. The van der Waals surface area contributed by atoms with Gasteiger partial charge < -0.3 is 10.1 Å². The van der Waals surface area contributed by atoms with E-state index in [1.165, 1.54) is 18.3 Å². The number of hydrogen-bond donors (Lipinski definition) is 1. The van der Waals surface area contributed by atoms with Crippen LogP contribution in [0.4, 0.5) is 18.2 Å². The van der Waals surface area contributed by atoms with Gasteiger partial charge in [-0.1, -0.05) is 13.3 Å². The zero-order chi connectivity index (χ0) is 21.9. The Bertz CT molecular complexity index is 934. The summed E-state index contributed by atoms with van der Waals surface area (Å²) >= 11 is 1.35. The first-order valence-electron chi connectivity index (χ1n) is 9.93. The number of ether oxygens (including phenoxy) is 1. The molecule has 3 rings (SSSR count). The van der Waals surface area contributed by atoms with Crippen LogP contribution in [0.3, 0.4) is 0 Å². The van der Waals surface area contributed by atoms with Gasteiger partial charge in [-0.25, -0.2) is 4.79 Å². The first kappa shape index (κ1) is 22.3. The highest BCUT2D eigenvalue weighted by atomic mass is 32.1. The number of hydrogen-bond acceptors (Lipinski definition) is 5. The monoisotopic (exact) mass is 443 g/mol. The fourth-order valence-corrected chi connectivity index (χ4v) is 4.72. The molecule has 2 heterocycles. The summed E-state index contributed by atoms with van der Waals surface area (Å²) in [6.45, 7) is 3.25. The average molecular weight is 443 g/mol. The van der Waals surface area contributed by atoms with Crippen molar-refractivity contribution in [3.63, 3.8) is 0 Å². The van der Waals surface area contributed by atoms with E-state index in [0.717, 1.165) is 53.3 Å². The lowest BCUT2D eigenvalue weighted by molar-refractivity contribution is -0.141. The summed E-state index contributed by atoms with van der Waals surface area (Å²) < 4.78 is 44.9. The predicted molar refractivity (Wildman–Crippen MR) is 107 cm³/mol. The smallest absolute Gasteiger partial charge is 0.435 e. The van der Waals surface area contributed by atoms with Crippen molar-refractivity contribution < 1.29 is 27.5 Å². The van der Waals surface area contributed by atoms with E-state index < -0.39 is 23.7 Å². The number of alkyl halides is 3. The minimum atomic E-state index is -4.58. The van der Waals surface area contributed by atoms with Crippen molar-refractivity contribution in [2.75, 3.05) is 11.9 Å². The van der Waals surface area contributed by atoms with Crippen LogP contribution < -0.4 is 5.32 Å². The number of aromatic nitrogens is 2. The highest BCUT2D eigenvalue weighted by Crippen LogP contribution is 2.38. The van der Waals surface area contributed by atoms with Gasteiger partial charge in [0, 0.05) is 10.6 Å². The summed E-state index contributed by atoms with van der Waals surface area (Å²) in [5.41, 5.74) is 0.483. The molecule has 164 valence electrons. The van der Waals surface area contributed by atoms with Gasteiger partial charge in [-0.05, 0) is 50.7 Å². The number of aryl methyl sites for hydroxylation is 2. The number of carbonyl (C=O) groups excluding carboxylic acids is 2. The average Bonchev–Trinajstić information content (AvgIpc) is 3.11. The van der Waals surface area contributed by atoms with E-state index in [4.69, 9.17) is 4.74 Å². The zero-order valence-electron chi connectivity index (χ0n) is 16.9. The number of carbonyl (C=O) groups is 2. The van der Waals surface area contributed by atoms with Crippen molar-refractivity contribution >= 4 is 28.2 Å². The number of esters is 1. The SMILES string of the molecule is CCCOC(=O)c1c(NC(=O)Cn2nc(C(F)(F)F)cc2C)sc2c1CCCCC2. The molecule has 1 aliphatic rings. The van der Waals surface area contributed by atoms with Crippen molar-refractivity contribution in [3.05, 3.63) is 33.5 Å². The normalized spacial score (nSPS) is 14.2. The lowest BCUT2D eigenvalue weighted by atomic mass is 10.1. The number of fused-ring (bicyclic) bond motifs is 1. The van der Waals surface area contributed by atoms with E-state index in [0.29, 0.717) is 17.0 Å². The second kappa shape index (κ2) is 9.20. The molecule has 0 unspecified atom stereocenters. The maximum atomic E-state index is 12.8. The number of rotatable bonds is 6. The van der Waals surface area contributed by atoms with E-state index >= 15 is 0 Å². The molecule has 6 nitrogen and oxygen atoms in total. The van der Waals surface area contributed by atoms with Gasteiger partial charge in [-0.3, -0.25) is 9.48 Å². The van der Waals surface area contributed by atoms with Gasteiger partial charge in [-0.15, -0.1) is 11.3 Å². The number of amides is 1. The van der Waals surface area contributed by atoms with Crippen LogP contribution in [0.25, 0.3) is 0 Å². The maximum Gasteiger partial charge on any atom is 0.435 e. The largest absolute Gasteiger partial charge is 0.462 e. The molecule has 0 aromatic carbocycles. The molecule has 0 saturated carbocycles. The van der Waals surface area contributed by atoms with E-state index in [2.05, 4.69) is 10.4 Å². The summed E-state index contributed by atoms with van der Waals surface area (Å²) in [4.78, 5) is 26.3. The van der Waals surface area contributed by atoms with Crippen LogP contribution in [-0.2, 0) is 35.1 Å². The van der Waals surface area contributed by atoms with Crippen molar-refractivity contribution in [2.24, 2.45) is 0 Å². The van der Waals surface area contributed by atoms with Crippen LogP contribution in [0.2, 0.25) is 0 Å². The van der Waals surface area contributed by atoms with Crippen molar-refractivity contribution in [3.8, 4) is 0 Å². The van der Waals surface area contributed by atoms with Crippen LogP contribution in [0, 0.1) is 6.92 Å². The molecule has 1 aliphatic carbocycles. The molecule has 0 saturated heterocycles. The topological polar surface area (TPSA) is 73.2 Å². The molecule has 2 aromatic heterocycles. The molecule has 1 amide bonds. The minimum absolute atomic E-state index is 0.224. The summed E-state index contributed by atoms with van der Waals surface area (Å²) in [6, 6.07) is 0.897. The Labute approximate surface area is 176 Å². The Morgan fingerprint density at radius 3 is 2.67 bits per heavy atom. The van der Waals surface area contributed by atoms with Gasteiger partial charge in [0.25, 0.3) is 0 Å². The Morgan fingerprint density at radius 1 is 1.27 bits per heavy atom. The van der Waals surface area contributed by atoms with Gasteiger partial charge >= 0.3 is 12.1 Å². The Kier molecular flexibility index (Phi) is 6.84. The molecule has 0 aliphatic heterocycles. The first-order chi connectivity index (χ1) is 14.2. The van der Waals surface area contributed by atoms with Gasteiger partial charge in [0.15, 0.2) is 5.69 Å². The molecule has 1 N–H and O–H groups in total. The minimum Gasteiger partial charge on any atom is -0.462 e. The molecular formula is C20H24F3N3O3S. The van der Waals surface area contributed by atoms with E-state index in [1.807, 2.05) is 6.92 Å². The summed E-state index contributed by atoms with van der Waals surface area (Å²) in [6.07, 6.45) is 0.720. The van der Waals surface area contributed by atoms with Crippen molar-refractivity contribution in [1.82, 2.24) is 9.78 Å². The lowest BCUT2D eigenvalue weighted by Gasteiger charge is -2.10. The molecule has 0 fully saturated rings. The first-order valence-corrected chi connectivity index (χ1v) is 10.8. The summed E-state index contributed by atoms with van der Waals surface area (Å²) in [5.74, 6) is -1.02. The van der Waals surface area contributed by atoms with Crippen LogP contribution in [0.15, 0.2) is 6.07 Å². The quantitative estimate of drug-likeness (QED) is 0.517. The summed E-state index contributed by atoms with van der Waals surface area (Å²) in [7, 11) is 0. The molecule has 0 spiro atoms. The van der Waals surface area contributed by atoms with Crippen molar-refractivity contribution in [1.29, 1.82) is 0 Å². The third kappa shape index (κ3) is 5.03. The van der Waals surface area contributed by atoms with Crippen LogP contribution in [-0.4, -0.2) is 28.3 Å². The molecule has 30 heavy (non-hydrogen) atoms. The van der Waals surface area contributed by atoms with Gasteiger partial charge in [0.05, 0.1) is 12.2 Å². The van der Waals surface area contributed by atoms with Gasteiger partial charge in [-0.2, -0.15) is 18.3 Å². The highest BCUT2D eigenvalue weighted by molar-refractivity contribution is 7.17. The summed E-state index contributed by atoms with van der Waals surface area (Å²) in [5, 5.41) is 6.58. The number of nitrogens with one attached hydrogen (secondary N) is 1. The maximum absolute atomic E-state index is 12.8. The third-order valence-corrected chi connectivity index (χ3v) is 6.09. The standard InChI is InChI=1S/C20H24F3N3O3S/c1-3-9-29-19(28)17-13-7-5-4-6-8-14(13)30-18(17)24-16(27)11-26-12(2)10-15(25-26)20(21,22)23/h10H,3-9,11H2,1-2H3,(H,24,27). The number of anilines is 1. The second-order valence-electron chi connectivity index (χ2n) is 7.28. The van der Waals surface area contributed by atoms with Crippen molar-refractivity contribution in [2.45, 2.75) is 65.1 Å². The number of nitrogens with zero attached hydrogens (tertiary/aromatic N) is 2. The molecule has 10 heteroatoms. The van der Waals surface area contributed by atoms with Gasteiger partial charge in [0.2, 0.25) is 5.91 Å². The highest BCUT2D eigenvalue weighted by Gasteiger charge is 2.34. The molecule has 0 bridgehead atoms. The third-order valence-electron chi connectivity index (χ3n) is 4.88. The van der Waals surface area contributed by atoms with Crippen LogP contribution in [0.5, 0.6) is 0 Å². The van der Waals surface area contributed by atoms with Gasteiger partial charge in [0.1, 0.15) is 11.5 Å². The van der Waals surface area contributed by atoms with E-state index in [9.17, 15) is 22.8 Å². The second-order valence-corrected chi connectivity index (χ2v) is 8.38. The predicted octanol–water partition coefficient (Wildman–Crippen LogP) is 4.75. The van der Waals surface area contributed by atoms with Crippen LogP contribution >= 0.6 is 11.3 Å². The lowest BCUT2D eigenvalue weighted by Crippen LogP contribution is -2.22. The van der Waals surface area contributed by atoms with Crippen LogP contribution in [0.1, 0.15) is 64.8 Å².